The second-order valence-electron chi connectivity index (χ2n) is 4.13. The Balaban J connectivity index is 1.87. The molecular formula is C11H13BrClNOS. The van der Waals surface area contributed by atoms with Crippen LogP contribution in [0.15, 0.2) is 9.85 Å². The maximum atomic E-state index is 11.8. The summed E-state index contributed by atoms with van der Waals surface area (Å²) in [7, 11) is 0. The van der Waals surface area contributed by atoms with E-state index < -0.39 is 0 Å². The first kappa shape index (κ1) is 12.4. The number of aryl methyl sites for hydroxylation is 1. The molecule has 1 saturated carbocycles. The number of carbonyl (C=O) groups is 1. The zero-order valence-electron chi connectivity index (χ0n) is 8.93. The molecule has 5 heteroatoms. The van der Waals surface area contributed by atoms with Gasteiger partial charge >= 0.3 is 0 Å². The van der Waals surface area contributed by atoms with Gasteiger partial charge in [0.15, 0.2) is 0 Å². The molecular weight excluding hydrogens is 310 g/mol. The van der Waals surface area contributed by atoms with E-state index in [1.165, 1.54) is 24.2 Å². The molecule has 0 radical (unpaired) electrons. The molecule has 1 atom stereocenters. The van der Waals surface area contributed by atoms with E-state index in [2.05, 4.69) is 21.2 Å². The van der Waals surface area contributed by atoms with Gasteiger partial charge in [0, 0.05) is 6.54 Å². The van der Waals surface area contributed by atoms with E-state index in [0.717, 1.165) is 14.2 Å². The molecule has 1 heterocycles. The van der Waals surface area contributed by atoms with E-state index in [-0.39, 0.29) is 11.3 Å². The van der Waals surface area contributed by atoms with Crippen molar-refractivity contribution in [2.75, 3.05) is 6.54 Å². The highest BCUT2D eigenvalue weighted by Gasteiger charge is 2.29. The van der Waals surface area contributed by atoms with Crippen molar-refractivity contribution in [3.8, 4) is 0 Å². The van der Waals surface area contributed by atoms with Crippen LogP contribution >= 0.6 is 38.9 Å². The van der Waals surface area contributed by atoms with Crippen molar-refractivity contribution in [3.63, 3.8) is 0 Å². The molecule has 1 amide bonds. The molecule has 16 heavy (non-hydrogen) atoms. The molecule has 1 aromatic rings. The molecule has 88 valence electrons. The minimum absolute atomic E-state index is 0.0231. The highest BCUT2D eigenvalue weighted by molar-refractivity contribution is 9.11. The lowest BCUT2D eigenvalue weighted by molar-refractivity contribution is 0.0957. The van der Waals surface area contributed by atoms with Crippen LogP contribution in [0.5, 0.6) is 0 Å². The van der Waals surface area contributed by atoms with Crippen LogP contribution in [-0.2, 0) is 0 Å². The molecule has 0 bridgehead atoms. The normalized spacial score (nSPS) is 17.2. The van der Waals surface area contributed by atoms with Gasteiger partial charge in [0.1, 0.15) is 0 Å². The van der Waals surface area contributed by atoms with E-state index in [1.54, 1.807) is 0 Å². The summed E-state index contributed by atoms with van der Waals surface area (Å²) in [5.74, 6) is 0.587. The first-order chi connectivity index (χ1) is 7.58. The van der Waals surface area contributed by atoms with Crippen molar-refractivity contribution in [1.82, 2.24) is 5.32 Å². The van der Waals surface area contributed by atoms with Crippen LogP contribution in [0.4, 0.5) is 0 Å². The summed E-state index contributed by atoms with van der Waals surface area (Å²) in [5, 5.41) is 2.97. The molecule has 1 unspecified atom stereocenters. The van der Waals surface area contributed by atoms with Crippen LogP contribution in [0.25, 0.3) is 0 Å². The van der Waals surface area contributed by atoms with Gasteiger partial charge in [-0.1, -0.05) is 0 Å². The second kappa shape index (κ2) is 5.07. The van der Waals surface area contributed by atoms with E-state index >= 15 is 0 Å². The zero-order valence-corrected chi connectivity index (χ0v) is 12.1. The molecule has 1 aliphatic carbocycles. The fourth-order valence-electron chi connectivity index (χ4n) is 1.47. The average molecular weight is 323 g/mol. The lowest BCUT2D eigenvalue weighted by Gasteiger charge is -2.08. The SMILES string of the molecule is Cc1cc(C(=O)NCC(Cl)C2CC2)sc1Br. The Hall–Kier alpha value is -0.0600. The van der Waals surface area contributed by atoms with Gasteiger partial charge in [0.25, 0.3) is 5.91 Å². The molecule has 0 aromatic carbocycles. The number of carbonyl (C=O) groups excluding carboxylic acids is 1. The minimum atomic E-state index is -0.0231. The van der Waals surface area contributed by atoms with Crippen LogP contribution in [0.3, 0.4) is 0 Å². The van der Waals surface area contributed by atoms with Crippen molar-refractivity contribution < 1.29 is 4.79 Å². The Morgan fingerprint density at radius 2 is 2.44 bits per heavy atom. The molecule has 1 fully saturated rings. The molecule has 0 spiro atoms. The van der Waals surface area contributed by atoms with Crippen molar-refractivity contribution in [3.05, 3.63) is 20.3 Å². The fourth-order valence-corrected chi connectivity index (χ4v) is 3.25. The summed E-state index contributed by atoms with van der Waals surface area (Å²) in [4.78, 5) is 12.5. The van der Waals surface area contributed by atoms with Crippen LogP contribution in [0.1, 0.15) is 28.1 Å². The van der Waals surface area contributed by atoms with Gasteiger partial charge in [-0.3, -0.25) is 4.79 Å². The summed E-state index contributed by atoms with van der Waals surface area (Å²) in [5.41, 5.74) is 1.10. The van der Waals surface area contributed by atoms with Gasteiger partial charge in [-0.05, 0) is 53.2 Å². The monoisotopic (exact) mass is 321 g/mol. The largest absolute Gasteiger partial charge is 0.350 e. The number of hydrogen-bond donors (Lipinski definition) is 1. The molecule has 0 saturated heterocycles. The number of hydrogen-bond acceptors (Lipinski definition) is 2. The molecule has 2 rings (SSSR count). The molecule has 1 N–H and O–H groups in total. The highest BCUT2D eigenvalue weighted by Crippen LogP contribution is 2.35. The smallest absolute Gasteiger partial charge is 0.261 e. The second-order valence-corrected chi connectivity index (χ2v) is 7.06. The molecule has 1 aromatic heterocycles. The van der Waals surface area contributed by atoms with Crippen molar-refractivity contribution in [1.29, 1.82) is 0 Å². The van der Waals surface area contributed by atoms with Crippen molar-refractivity contribution >= 4 is 44.8 Å². The topological polar surface area (TPSA) is 29.1 Å². The van der Waals surface area contributed by atoms with Gasteiger partial charge < -0.3 is 5.32 Å². The van der Waals surface area contributed by atoms with E-state index in [4.69, 9.17) is 11.6 Å². The van der Waals surface area contributed by atoms with E-state index in [0.29, 0.717) is 12.5 Å². The Morgan fingerprint density at radius 1 is 1.75 bits per heavy atom. The van der Waals surface area contributed by atoms with Gasteiger partial charge in [-0.15, -0.1) is 22.9 Å². The van der Waals surface area contributed by atoms with Crippen LogP contribution in [0, 0.1) is 12.8 Å². The number of amides is 1. The number of halogens is 2. The third-order valence-electron chi connectivity index (χ3n) is 2.67. The Morgan fingerprint density at radius 3 is 2.94 bits per heavy atom. The van der Waals surface area contributed by atoms with Crippen LogP contribution < -0.4 is 5.32 Å². The summed E-state index contributed by atoms with van der Waals surface area (Å²) < 4.78 is 1.02. The maximum Gasteiger partial charge on any atom is 0.261 e. The first-order valence-electron chi connectivity index (χ1n) is 5.26. The summed E-state index contributed by atoms with van der Waals surface area (Å²) in [6.45, 7) is 2.55. The zero-order chi connectivity index (χ0) is 11.7. The Kier molecular flexibility index (Phi) is 3.93. The summed E-state index contributed by atoms with van der Waals surface area (Å²) in [6, 6.07) is 1.89. The number of nitrogens with one attached hydrogen (secondary N) is 1. The molecule has 0 aliphatic heterocycles. The lowest BCUT2D eigenvalue weighted by atomic mass is 10.3. The lowest BCUT2D eigenvalue weighted by Crippen LogP contribution is -2.30. The van der Waals surface area contributed by atoms with Gasteiger partial charge in [0.2, 0.25) is 0 Å². The number of thiophene rings is 1. The fraction of sp³-hybridized carbons (Fsp3) is 0.545. The third-order valence-corrected chi connectivity index (χ3v) is 5.32. The van der Waals surface area contributed by atoms with Gasteiger partial charge in [-0.25, -0.2) is 0 Å². The number of alkyl halides is 1. The van der Waals surface area contributed by atoms with Crippen molar-refractivity contribution in [2.45, 2.75) is 25.1 Å². The van der Waals surface area contributed by atoms with Crippen LogP contribution in [0.2, 0.25) is 0 Å². The highest BCUT2D eigenvalue weighted by atomic mass is 79.9. The summed E-state index contributed by atoms with van der Waals surface area (Å²) in [6.07, 6.45) is 2.40. The first-order valence-corrected chi connectivity index (χ1v) is 7.30. The predicted octanol–water partition coefficient (Wildman–Crippen LogP) is 3.57. The average Bonchev–Trinajstić information content (AvgIpc) is 3.03. The molecule has 2 nitrogen and oxygen atoms in total. The van der Waals surface area contributed by atoms with Crippen LogP contribution in [-0.4, -0.2) is 17.8 Å². The standard InChI is InChI=1S/C11H13BrClNOS/c1-6-4-9(16-10(6)12)11(15)14-5-8(13)7-2-3-7/h4,7-8H,2-3,5H2,1H3,(H,14,15). The number of rotatable bonds is 4. The molecule has 1 aliphatic rings. The quantitative estimate of drug-likeness (QED) is 0.844. The van der Waals surface area contributed by atoms with E-state index in [9.17, 15) is 4.79 Å². The maximum absolute atomic E-state index is 11.8. The Bertz CT molecular complexity index is 383. The minimum Gasteiger partial charge on any atom is -0.350 e. The summed E-state index contributed by atoms with van der Waals surface area (Å²) >= 11 is 11.0. The van der Waals surface area contributed by atoms with E-state index in [1.807, 2.05) is 13.0 Å². The Labute approximate surface area is 113 Å². The van der Waals surface area contributed by atoms with Gasteiger partial charge in [0.05, 0.1) is 14.0 Å². The third kappa shape index (κ3) is 2.99. The van der Waals surface area contributed by atoms with Crippen molar-refractivity contribution in [2.24, 2.45) is 5.92 Å². The predicted molar refractivity (Wildman–Crippen MR) is 71.5 cm³/mol. The van der Waals surface area contributed by atoms with Gasteiger partial charge in [-0.2, -0.15) is 0 Å².